The Kier molecular flexibility index (Phi) is 4.93. The second-order valence-electron chi connectivity index (χ2n) is 6.10. The smallest absolute Gasteiger partial charge is 0.334 e. The molecule has 1 aromatic carbocycles. The highest BCUT2D eigenvalue weighted by molar-refractivity contribution is 5.83. The van der Waals surface area contributed by atoms with Gasteiger partial charge in [-0.1, -0.05) is 30.3 Å². The molecule has 2 fully saturated rings. The molecular formula is C17H22N2O4. The van der Waals surface area contributed by atoms with E-state index in [1.54, 1.807) is 4.90 Å². The number of hydrogen-bond donors (Lipinski definition) is 1. The number of carboxylic acids is 1. The molecule has 0 saturated carbocycles. The van der Waals surface area contributed by atoms with Crippen LogP contribution in [0.3, 0.4) is 0 Å². The third-order valence-electron chi connectivity index (χ3n) is 4.53. The predicted molar refractivity (Wildman–Crippen MR) is 83.8 cm³/mol. The maximum Gasteiger partial charge on any atom is 0.334 e. The van der Waals surface area contributed by atoms with E-state index in [-0.39, 0.29) is 25.1 Å². The first-order valence-electron chi connectivity index (χ1n) is 8.06. The first kappa shape index (κ1) is 16.0. The summed E-state index contributed by atoms with van der Waals surface area (Å²) in [6, 6.07) is 9.96. The van der Waals surface area contributed by atoms with Gasteiger partial charge in [-0.15, -0.1) is 0 Å². The zero-order valence-electron chi connectivity index (χ0n) is 13.1. The molecule has 2 atom stereocenters. The number of amides is 1. The van der Waals surface area contributed by atoms with E-state index in [0.29, 0.717) is 6.54 Å². The molecular weight excluding hydrogens is 296 g/mol. The van der Waals surface area contributed by atoms with Crippen LogP contribution in [0, 0.1) is 0 Å². The van der Waals surface area contributed by atoms with Gasteiger partial charge in [-0.3, -0.25) is 9.69 Å². The Morgan fingerprint density at radius 3 is 2.74 bits per heavy atom. The van der Waals surface area contributed by atoms with Crippen molar-refractivity contribution in [2.45, 2.75) is 31.5 Å². The van der Waals surface area contributed by atoms with E-state index >= 15 is 0 Å². The normalized spacial score (nSPS) is 25.5. The van der Waals surface area contributed by atoms with Crippen LogP contribution in [-0.4, -0.2) is 65.2 Å². The summed E-state index contributed by atoms with van der Waals surface area (Å²) < 4.78 is 5.20. The van der Waals surface area contributed by atoms with Crippen molar-refractivity contribution in [1.82, 2.24) is 9.80 Å². The summed E-state index contributed by atoms with van der Waals surface area (Å²) in [5.74, 6) is -0.969. The molecule has 1 aromatic rings. The molecule has 0 radical (unpaired) electrons. The van der Waals surface area contributed by atoms with Crippen LogP contribution in [0.2, 0.25) is 0 Å². The lowest BCUT2D eigenvalue weighted by Crippen LogP contribution is -2.53. The highest BCUT2D eigenvalue weighted by atomic mass is 16.5. The summed E-state index contributed by atoms with van der Waals surface area (Å²) >= 11 is 0. The summed E-state index contributed by atoms with van der Waals surface area (Å²) in [6.07, 6.45) is 0.924. The third kappa shape index (κ3) is 3.71. The predicted octanol–water partition coefficient (Wildman–Crippen LogP) is 0.963. The van der Waals surface area contributed by atoms with Crippen LogP contribution in [-0.2, 0) is 20.9 Å². The van der Waals surface area contributed by atoms with E-state index in [0.717, 1.165) is 25.9 Å². The molecule has 124 valence electrons. The fraction of sp³-hybridized carbons (Fsp3) is 0.529. The molecule has 6 heteroatoms. The maximum absolute atomic E-state index is 12.8. The van der Waals surface area contributed by atoms with Crippen molar-refractivity contribution in [2.75, 3.05) is 26.2 Å². The van der Waals surface area contributed by atoms with Crippen LogP contribution in [0.5, 0.6) is 0 Å². The van der Waals surface area contributed by atoms with Gasteiger partial charge in [-0.25, -0.2) is 4.79 Å². The molecule has 2 saturated heterocycles. The van der Waals surface area contributed by atoms with Crippen LogP contribution in [0.4, 0.5) is 0 Å². The number of rotatable bonds is 4. The Balaban J connectivity index is 1.64. The summed E-state index contributed by atoms with van der Waals surface area (Å²) in [5, 5.41) is 9.08. The number of morpholine rings is 1. The van der Waals surface area contributed by atoms with Gasteiger partial charge in [-0.2, -0.15) is 0 Å². The van der Waals surface area contributed by atoms with Crippen LogP contribution < -0.4 is 0 Å². The van der Waals surface area contributed by atoms with Crippen molar-refractivity contribution in [3.05, 3.63) is 35.9 Å². The lowest BCUT2D eigenvalue weighted by Gasteiger charge is -2.34. The lowest BCUT2D eigenvalue weighted by atomic mass is 10.1. The van der Waals surface area contributed by atoms with Gasteiger partial charge in [0.15, 0.2) is 6.10 Å². The average Bonchev–Trinajstić information content (AvgIpc) is 3.03. The molecule has 3 rings (SSSR count). The van der Waals surface area contributed by atoms with Gasteiger partial charge in [0.25, 0.3) is 0 Å². The largest absolute Gasteiger partial charge is 0.479 e. The SMILES string of the molecule is O=C(O)C1CN(C(=O)C2CCCN2Cc2ccccc2)CCO1. The Hall–Kier alpha value is -1.92. The first-order valence-corrected chi connectivity index (χ1v) is 8.06. The van der Waals surface area contributed by atoms with Gasteiger partial charge in [0.2, 0.25) is 5.91 Å². The van der Waals surface area contributed by atoms with Crippen LogP contribution in [0.1, 0.15) is 18.4 Å². The minimum atomic E-state index is -1.00. The number of benzene rings is 1. The summed E-state index contributed by atoms with van der Waals surface area (Å²) in [5.41, 5.74) is 1.19. The Morgan fingerprint density at radius 2 is 2.00 bits per heavy atom. The number of nitrogens with zero attached hydrogens (tertiary/aromatic N) is 2. The fourth-order valence-electron chi connectivity index (χ4n) is 3.32. The lowest BCUT2D eigenvalue weighted by molar-refractivity contribution is -0.160. The highest BCUT2D eigenvalue weighted by Crippen LogP contribution is 2.23. The standard InChI is InChI=1S/C17H22N2O4/c20-16(19-9-10-23-15(12-19)17(21)22)14-7-4-8-18(14)11-13-5-2-1-3-6-13/h1-3,5-6,14-15H,4,7-12H2,(H,21,22). The van der Waals surface area contributed by atoms with Crippen LogP contribution in [0.15, 0.2) is 30.3 Å². The number of carbonyl (C=O) groups excluding carboxylic acids is 1. The number of carbonyl (C=O) groups is 2. The van der Waals surface area contributed by atoms with Gasteiger partial charge < -0.3 is 14.7 Å². The maximum atomic E-state index is 12.8. The van der Waals surface area contributed by atoms with E-state index < -0.39 is 12.1 Å². The van der Waals surface area contributed by atoms with E-state index in [1.807, 2.05) is 18.2 Å². The molecule has 1 N–H and O–H groups in total. The molecule has 0 aromatic heterocycles. The van der Waals surface area contributed by atoms with Crippen molar-refractivity contribution in [3.8, 4) is 0 Å². The quantitative estimate of drug-likeness (QED) is 0.895. The molecule has 6 nitrogen and oxygen atoms in total. The molecule has 2 heterocycles. The van der Waals surface area contributed by atoms with Gasteiger partial charge in [-0.05, 0) is 24.9 Å². The topological polar surface area (TPSA) is 70.1 Å². The first-order chi connectivity index (χ1) is 11.1. The molecule has 2 aliphatic heterocycles. The van der Waals surface area contributed by atoms with Crippen molar-refractivity contribution in [3.63, 3.8) is 0 Å². The van der Waals surface area contributed by atoms with E-state index in [1.165, 1.54) is 5.56 Å². The molecule has 0 aliphatic carbocycles. The fourth-order valence-corrected chi connectivity index (χ4v) is 3.32. The summed E-state index contributed by atoms with van der Waals surface area (Å²) in [7, 11) is 0. The second-order valence-corrected chi connectivity index (χ2v) is 6.10. The molecule has 23 heavy (non-hydrogen) atoms. The van der Waals surface area contributed by atoms with Crippen molar-refractivity contribution < 1.29 is 19.4 Å². The number of aliphatic carboxylic acids is 1. The minimum Gasteiger partial charge on any atom is -0.479 e. The van der Waals surface area contributed by atoms with Crippen molar-refractivity contribution >= 4 is 11.9 Å². The van der Waals surface area contributed by atoms with Gasteiger partial charge in [0, 0.05) is 13.1 Å². The van der Waals surface area contributed by atoms with Gasteiger partial charge in [0.1, 0.15) is 0 Å². The molecule has 1 amide bonds. The van der Waals surface area contributed by atoms with Crippen molar-refractivity contribution in [2.24, 2.45) is 0 Å². The number of ether oxygens (including phenoxy) is 1. The van der Waals surface area contributed by atoms with Crippen LogP contribution in [0.25, 0.3) is 0 Å². The van der Waals surface area contributed by atoms with Gasteiger partial charge >= 0.3 is 5.97 Å². The zero-order valence-corrected chi connectivity index (χ0v) is 13.1. The Bertz CT molecular complexity index is 563. The van der Waals surface area contributed by atoms with Crippen LogP contribution >= 0.6 is 0 Å². The summed E-state index contributed by atoms with van der Waals surface area (Å²) in [6.45, 7) is 2.55. The second kappa shape index (κ2) is 7.10. The van der Waals surface area contributed by atoms with E-state index in [4.69, 9.17) is 9.84 Å². The third-order valence-corrected chi connectivity index (χ3v) is 4.53. The summed E-state index contributed by atoms with van der Waals surface area (Å²) in [4.78, 5) is 27.7. The highest BCUT2D eigenvalue weighted by Gasteiger charge is 2.37. The van der Waals surface area contributed by atoms with E-state index in [9.17, 15) is 9.59 Å². The number of hydrogen-bond acceptors (Lipinski definition) is 4. The van der Waals surface area contributed by atoms with Gasteiger partial charge in [0.05, 0.1) is 19.2 Å². The Morgan fingerprint density at radius 1 is 1.22 bits per heavy atom. The zero-order chi connectivity index (χ0) is 16.2. The minimum absolute atomic E-state index is 0.0352. The average molecular weight is 318 g/mol. The molecule has 0 bridgehead atoms. The van der Waals surface area contributed by atoms with Crippen molar-refractivity contribution in [1.29, 1.82) is 0 Å². The molecule has 2 aliphatic rings. The monoisotopic (exact) mass is 318 g/mol. The number of likely N-dealkylation sites (tertiary alicyclic amines) is 1. The molecule has 0 spiro atoms. The van der Waals surface area contributed by atoms with E-state index in [2.05, 4.69) is 17.0 Å². The number of carboxylic acid groups (broad SMARTS) is 1. The Labute approximate surface area is 135 Å². The molecule has 2 unspecified atom stereocenters.